The minimum Gasteiger partial charge on any atom is -0.755 e. The van der Waals surface area contributed by atoms with E-state index in [1.54, 1.807) is 61.5 Å². The largest absolute Gasteiger partial charge is 0.755 e. The molecule has 3 N–H and O–H groups in total. The minimum atomic E-state index is -2.68. The van der Waals surface area contributed by atoms with Crippen molar-refractivity contribution in [1.82, 2.24) is 0 Å². The molecule has 0 saturated heterocycles. The molecule has 0 aliphatic carbocycles. The van der Waals surface area contributed by atoms with Crippen LogP contribution in [0.3, 0.4) is 0 Å². The van der Waals surface area contributed by atoms with Gasteiger partial charge in [-0.25, -0.2) is 4.79 Å². The number of rotatable bonds is 5. The van der Waals surface area contributed by atoms with Crippen LogP contribution in [0.5, 0.6) is 0 Å². The first-order valence-electron chi connectivity index (χ1n) is 7.56. The van der Waals surface area contributed by atoms with Gasteiger partial charge in [0.2, 0.25) is 0 Å². The second-order valence-electron chi connectivity index (χ2n) is 5.55. The van der Waals surface area contributed by atoms with Crippen LogP contribution in [0.25, 0.3) is 10.4 Å². The number of nitrogens with zero attached hydrogens (tertiary/aromatic N) is 1. The Labute approximate surface area is 156 Å². The Bertz CT molecular complexity index is 983. The van der Waals surface area contributed by atoms with E-state index in [2.05, 4.69) is 0 Å². The fraction of sp³-hybridized carbons (Fsp3) is 0.0556. The molecule has 0 saturated carbocycles. The fourth-order valence-electron chi connectivity index (χ4n) is 2.56. The van der Waals surface area contributed by atoms with Crippen LogP contribution in [0.15, 0.2) is 54.6 Å². The van der Waals surface area contributed by atoms with Crippen molar-refractivity contribution < 1.29 is 18.7 Å². The molecule has 0 radical (unpaired) electrons. The van der Waals surface area contributed by atoms with Crippen LogP contribution in [0, 0.1) is 6.92 Å². The number of carbonyl (C=O) groups is 1. The van der Waals surface area contributed by atoms with E-state index >= 15 is 0 Å². The summed E-state index contributed by atoms with van der Waals surface area (Å²) in [5, 5.41) is 9.58. The monoisotopic (exact) mass is 387 g/mol. The molecular weight excluding hydrogens is 372 g/mol. The van der Waals surface area contributed by atoms with E-state index in [0.717, 1.165) is 21.2 Å². The second kappa shape index (κ2) is 7.28. The Hall–Kier alpha value is -2.68. The Balaban J connectivity index is 2.18. The number of carboxylic acids is 1. The normalized spacial score (nSPS) is 11.9. The molecular formula is C18H15N2O4S2-. The summed E-state index contributed by atoms with van der Waals surface area (Å²) in [7, 11) is 0. The standard InChI is InChI=1S/C18H16N2O4S2/c1-11-4-2-3-5-14(11)20(26(23)24)15-10-16(25-17(15)18(21)22)12-6-8-13(19)9-7-12/h2-10H,19H2,1H3,(H,21,22)(H,23,24)/p-1. The van der Waals surface area contributed by atoms with Gasteiger partial charge in [0.05, 0.1) is 22.6 Å². The quantitative estimate of drug-likeness (QED) is 0.509. The summed E-state index contributed by atoms with van der Waals surface area (Å²) in [5.41, 5.74) is 8.27. The third-order valence-corrected chi connectivity index (χ3v) is 5.66. The number of nitrogens with two attached hydrogens (primary N) is 1. The van der Waals surface area contributed by atoms with Crippen LogP contribution < -0.4 is 10.0 Å². The van der Waals surface area contributed by atoms with Crippen molar-refractivity contribution >= 4 is 45.6 Å². The molecule has 1 heterocycles. The lowest BCUT2D eigenvalue weighted by Gasteiger charge is -2.27. The lowest BCUT2D eigenvalue weighted by Crippen LogP contribution is -2.21. The number of hydrogen-bond acceptors (Lipinski definition) is 5. The maximum absolute atomic E-state index is 11.9. The number of hydrogen-bond donors (Lipinski definition) is 2. The van der Waals surface area contributed by atoms with Crippen LogP contribution in [-0.4, -0.2) is 19.8 Å². The lowest BCUT2D eigenvalue weighted by atomic mass is 10.1. The number of benzene rings is 2. The highest BCUT2D eigenvalue weighted by atomic mass is 32.2. The fourth-order valence-corrected chi connectivity index (χ4v) is 4.27. The highest BCUT2D eigenvalue weighted by Crippen LogP contribution is 2.41. The van der Waals surface area contributed by atoms with Gasteiger partial charge >= 0.3 is 5.97 Å². The molecule has 0 amide bonds. The highest BCUT2D eigenvalue weighted by molar-refractivity contribution is 7.81. The molecule has 8 heteroatoms. The molecule has 0 fully saturated rings. The van der Waals surface area contributed by atoms with Crippen molar-refractivity contribution in [2.45, 2.75) is 6.92 Å². The van der Waals surface area contributed by atoms with Crippen molar-refractivity contribution in [3.63, 3.8) is 0 Å². The first-order valence-corrected chi connectivity index (χ1v) is 9.41. The molecule has 3 rings (SSSR count). The number of nitrogen functional groups attached to an aromatic ring is 1. The van der Waals surface area contributed by atoms with Crippen molar-refractivity contribution in [2.75, 3.05) is 10.0 Å². The summed E-state index contributed by atoms with van der Waals surface area (Å²) in [6, 6.07) is 15.4. The number of aromatic carboxylic acids is 1. The first kappa shape index (κ1) is 18.1. The van der Waals surface area contributed by atoms with E-state index in [4.69, 9.17) is 5.73 Å². The second-order valence-corrected chi connectivity index (χ2v) is 7.40. The zero-order chi connectivity index (χ0) is 18.8. The first-order chi connectivity index (χ1) is 12.4. The smallest absolute Gasteiger partial charge is 0.348 e. The van der Waals surface area contributed by atoms with Gasteiger partial charge in [-0.3, -0.25) is 8.51 Å². The third kappa shape index (κ3) is 3.48. The molecule has 0 aliphatic rings. The Morgan fingerprint density at radius 1 is 1.15 bits per heavy atom. The number of anilines is 3. The molecule has 0 aliphatic heterocycles. The van der Waals surface area contributed by atoms with E-state index in [1.807, 2.05) is 0 Å². The van der Waals surface area contributed by atoms with Crippen LogP contribution in [0.2, 0.25) is 0 Å². The molecule has 3 aromatic rings. The zero-order valence-corrected chi connectivity index (χ0v) is 15.3. The molecule has 2 aromatic carbocycles. The van der Waals surface area contributed by atoms with Crippen LogP contribution in [0.1, 0.15) is 15.2 Å². The van der Waals surface area contributed by atoms with E-state index in [-0.39, 0.29) is 10.6 Å². The van der Waals surface area contributed by atoms with Crippen molar-refractivity contribution in [3.05, 3.63) is 65.0 Å². The number of para-hydroxylation sites is 1. The summed E-state index contributed by atoms with van der Waals surface area (Å²) < 4.78 is 24.9. The van der Waals surface area contributed by atoms with Crippen LogP contribution in [0.4, 0.5) is 17.1 Å². The topological polar surface area (TPSA) is 107 Å². The van der Waals surface area contributed by atoms with Crippen molar-refractivity contribution in [3.8, 4) is 10.4 Å². The van der Waals surface area contributed by atoms with Gasteiger partial charge in [0.25, 0.3) is 0 Å². The summed E-state index contributed by atoms with van der Waals surface area (Å²) in [6.07, 6.45) is 0. The third-order valence-electron chi connectivity index (χ3n) is 3.80. The molecule has 0 spiro atoms. The van der Waals surface area contributed by atoms with Crippen molar-refractivity contribution in [2.24, 2.45) is 0 Å². The lowest BCUT2D eigenvalue weighted by molar-refractivity contribution is 0.0703. The summed E-state index contributed by atoms with van der Waals surface area (Å²) in [6.45, 7) is 1.77. The van der Waals surface area contributed by atoms with Crippen LogP contribution in [-0.2, 0) is 11.3 Å². The van der Waals surface area contributed by atoms with Gasteiger partial charge in [-0.1, -0.05) is 30.3 Å². The van der Waals surface area contributed by atoms with Gasteiger partial charge in [0.1, 0.15) is 4.88 Å². The predicted molar refractivity (Wildman–Crippen MR) is 103 cm³/mol. The average molecular weight is 387 g/mol. The molecule has 6 nitrogen and oxygen atoms in total. The minimum absolute atomic E-state index is 0.0516. The van der Waals surface area contributed by atoms with Gasteiger partial charge < -0.3 is 15.4 Å². The van der Waals surface area contributed by atoms with E-state index < -0.39 is 17.2 Å². The molecule has 134 valence electrons. The molecule has 26 heavy (non-hydrogen) atoms. The average Bonchev–Trinajstić information content (AvgIpc) is 3.02. The number of aryl methyl sites for hydroxylation is 1. The van der Waals surface area contributed by atoms with E-state index in [0.29, 0.717) is 21.8 Å². The number of thiophene rings is 1. The number of carboxylic acid groups (broad SMARTS) is 1. The van der Waals surface area contributed by atoms with E-state index in [9.17, 15) is 18.7 Å². The summed E-state index contributed by atoms with van der Waals surface area (Å²) in [4.78, 5) is 12.3. The van der Waals surface area contributed by atoms with Gasteiger partial charge in [-0.15, -0.1) is 11.3 Å². The van der Waals surface area contributed by atoms with Gasteiger partial charge in [-0.05, 0) is 42.3 Å². The van der Waals surface area contributed by atoms with Crippen LogP contribution >= 0.6 is 11.3 Å². The van der Waals surface area contributed by atoms with Gasteiger partial charge in [0.15, 0.2) is 0 Å². The maximum atomic E-state index is 11.9. The molecule has 0 bridgehead atoms. The van der Waals surface area contributed by atoms with Gasteiger partial charge in [0, 0.05) is 10.6 Å². The predicted octanol–water partition coefficient (Wildman–Crippen LogP) is 3.94. The SMILES string of the molecule is Cc1ccccc1N(c1cc(-c2ccc(N)cc2)sc1C(=O)O)S(=O)[O-]. The van der Waals surface area contributed by atoms with E-state index in [1.165, 1.54) is 0 Å². The Morgan fingerprint density at radius 3 is 2.38 bits per heavy atom. The summed E-state index contributed by atoms with van der Waals surface area (Å²) >= 11 is -1.66. The van der Waals surface area contributed by atoms with Crippen molar-refractivity contribution in [1.29, 1.82) is 0 Å². The summed E-state index contributed by atoms with van der Waals surface area (Å²) in [5.74, 6) is -1.18. The Morgan fingerprint density at radius 2 is 1.81 bits per heavy atom. The van der Waals surface area contributed by atoms with Gasteiger partial charge in [-0.2, -0.15) is 0 Å². The highest BCUT2D eigenvalue weighted by Gasteiger charge is 2.24. The maximum Gasteiger partial charge on any atom is 0.348 e. The molecule has 1 unspecified atom stereocenters. The molecule has 1 atom stereocenters. The molecule has 1 aromatic heterocycles. The Kier molecular flexibility index (Phi) is 5.08. The zero-order valence-electron chi connectivity index (χ0n) is 13.7.